The molecule has 1 aromatic heterocycles. The van der Waals surface area contributed by atoms with E-state index in [4.69, 9.17) is 16.7 Å². The van der Waals surface area contributed by atoms with Crippen molar-refractivity contribution in [2.24, 2.45) is 0 Å². The van der Waals surface area contributed by atoms with Gasteiger partial charge in [0.05, 0.1) is 6.61 Å². The van der Waals surface area contributed by atoms with Crippen molar-refractivity contribution in [3.63, 3.8) is 0 Å². The molecule has 0 saturated heterocycles. The lowest BCUT2D eigenvalue weighted by Crippen LogP contribution is -1.72. The van der Waals surface area contributed by atoms with Crippen LogP contribution in [-0.4, -0.2) is 11.7 Å². The molecule has 82 valence electrons. The van der Waals surface area contributed by atoms with Crippen LogP contribution < -0.4 is 0 Å². The van der Waals surface area contributed by atoms with Crippen LogP contribution in [-0.2, 0) is 0 Å². The summed E-state index contributed by atoms with van der Waals surface area (Å²) in [7, 11) is 0. The Morgan fingerprint density at radius 3 is 2.75 bits per heavy atom. The number of aliphatic hydroxyl groups is 1. The molecule has 0 aliphatic rings. The van der Waals surface area contributed by atoms with Crippen molar-refractivity contribution in [3.05, 3.63) is 52.4 Å². The molecule has 0 atom stereocenters. The maximum absolute atomic E-state index is 8.69. The first kappa shape index (κ1) is 11.4. The zero-order valence-corrected chi connectivity index (χ0v) is 10.1. The summed E-state index contributed by atoms with van der Waals surface area (Å²) < 4.78 is 0. The van der Waals surface area contributed by atoms with E-state index in [9.17, 15) is 0 Å². The molecule has 1 N–H and O–H groups in total. The van der Waals surface area contributed by atoms with E-state index < -0.39 is 0 Å². The minimum absolute atomic E-state index is 0.0688. The van der Waals surface area contributed by atoms with Gasteiger partial charge in [0, 0.05) is 20.3 Å². The molecule has 0 aliphatic carbocycles. The van der Waals surface area contributed by atoms with E-state index in [1.165, 1.54) is 0 Å². The van der Waals surface area contributed by atoms with Crippen LogP contribution in [0, 0.1) is 0 Å². The summed E-state index contributed by atoms with van der Waals surface area (Å²) in [6, 6.07) is 11.9. The zero-order chi connectivity index (χ0) is 11.4. The second kappa shape index (κ2) is 5.30. The SMILES string of the molecule is OCC=Cc1ccc(-c2ccccc2Cl)s1. The molecule has 0 spiro atoms. The van der Waals surface area contributed by atoms with Gasteiger partial charge < -0.3 is 5.11 Å². The monoisotopic (exact) mass is 250 g/mol. The third-order valence-electron chi connectivity index (χ3n) is 2.15. The van der Waals surface area contributed by atoms with Gasteiger partial charge in [-0.15, -0.1) is 11.3 Å². The molecular formula is C13H11ClOS. The van der Waals surface area contributed by atoms with Gasteiger partial charge in [-0.1, -0.05) is 35.9 Å². The van der Waals surface area contributed by atoms with Crippen molar-refractivity contribution in [1.29, 1.82) is 0 Å². The average Bonchev–Trinajstić information content (AvgIpc) is 2.75. The molecule has 1 aromatic carbocycles. The van der Waals surface area contributed by atoms with Crippen LogP contribution in [0.1, 0.15) is 4.88 Å². The van der Waals surface area contributed by atoms with Gasteiger partial charge in [0.25, 0.3) is 0 Å². The molecule has 0 radical (unpaired) electrons. The van der Waals surface area contributed by atoms with Crippen LogP contribution in [0.3, 0.4) is 0 Å². The second-order valence-corrected chi connectivity index (χ2v) is 4.79. The molecule has 2 aromatic rings. The van der Waals surface area contributed by atoms with Crippen molar-refractivity contribution >= 4 is 29.0 Å². The van der Waals surface area contributed by atoms with Gasteiger partial charge in [-0.3, -0.25) is 0 Å². The molecular weight excluding hydrogens is 240 g/mol. The Balaban J connectivity index is 2.32. The maximum Gasteiger partial charge on any atom is 0.0615 e. The molecule has 0 bridgehead atoms. The molecule has 0 fully saturated rings. The summed E-state index contributed by atoms with van der Waals surface area (Å²) >= 11 is 7.78. The first-order chi connectivity index (χ1) is 7.81. The van der Waals surface area contributed by atoms with Crippen LogP contribution in [0.15, 0.2) is 42.5 Å². The van der Waals surface area contributed by atoms with E-state index in [0.717, 1.165) is 20.3 Å². The van der Waals surface area contributed by atoms with E-state index in [2.05, 4.69) is 0 Å². The van der Waals surface area contributed by atoms with Crippen LogP contribution in [0.25, 0.3) is 16.5 Å². The van der Waals surface area contributed by atoms with Crippen molar-refractivity contribution in [3.8, 4) is 10.4 Å². The molecule has 1 nitrogen and oxygen atoms in total. The fourth-order valence-corrected chi connectivity index (χ4v) is 2.69. The Morgan fingerprint density at radius 2 is 2.00 bits per heavy atom. The van der Waals surface area contributed by atoms with Gasteiger partial charge in [-0.2, -0.15) is 0 Å². The van der Waals surface area contributed by atoms with Crippen LogP contribution >= 0.6 is 22.9 Å². The lowest BCUT2D eigenvalue weighted by atomic mass is 10.2. The molecule has 0 unspecified atom stereocenters. The zero-order valence-electron chi connectivity index (χ0n) is 8.56. The molecule has 3 heteroatoms. The normalized spacial score (nSPS) is 11.1. The minimum atomic E-state index is 0.0688. The Hall–Kier alpha value is -1.09. The van der Waals surface area contributed by atoms with Crippen molar-refractivity contribution < 1.29 is 5.11 Å². The Morgan fingerprint density at radius 1 is 1.19 bits per heavy atom. The predicted octanol–water partition coefficient (Wildman–Crippen LogP) is 4.07. The van der Waals surface area contributed by atoms with Crippen LogP contribution in [0.5, 0.6) is 0 Å². The Kier molecular flexibility index (Phi) is 3.78. The fraction of sp³-hybridized carbons (Fsp3) is 0.0769. The van der Waals surface area contributed by atoms with Gasteiger partial charge in [0.15, 0.2) is 0 Å². The fourth-order valence-electron chi connectivity index (χ4n) is 1.42. The third kappa shape index (κ3) is 2.53. The Labute approximate surface area is 104 Å². The minimum Gasteiger partial charge on any atom is -0.392 e. The first-order valence-corrected chi connectivity index (χ1v) is 6.13. The van der Waals surface area contributed by atoms with Crippen molar-refractivity contribution in [2.75, 3.05) is 6.61 Å². The van der Waals surface area contributed by atoms with Gasteiger partial charge in [0.1, 0.15) is 0 Å². The van der Waals surface area contributed by atoms with Crippen molar-refractivity contribution in [1.82, 2.24) is 0 Å². The van der Waals surface area contributed by atoms with Crippen LogP contribution in [0.4, 0.5) is 0 Å². The highest BCUT2D eigenvalue weighted by Gasteiger charge is 2.04. The number of aliphatic hydroxyl groups excluding tert-OH is 1. The maximum atomic E-state index is 8.69. The van der Waals surface area contributed by atoms with Gasteiger partial charge >= 0.3 is 0 Å². The average molecular weight is 251 g/mol. The smallest absolute Gasteiger partial charge is 0.0615 e. The molecule has 16 heavy (non-hydrogen) atoms. The number of halogens is 1. The molecule has 0 saturated carbocycles. The number of hydrogen-bond donors (Lipinski definition) is 1. The summed E-state index contributed by atoms with van der Waals surface area (Å²) in [5, 5.41) is 9.46. The Bertz CT molecular complexity index is 502. The van der Waals surface area contributed by atoms with E-state index in [1.807, 2.05) is 42.5 Å². The molecule has 0 amide bonds. The predicted molar refractivity (Wildman–Crippen MR) is 70.9 cm³/mol. The van der Waals surface area contributed by atoms with Crippen molar-refractivity contribution in [2.45, 2.75) is 0 Å². The highest BCUT2D eigenvalue weighted by atomic mass is 35.5. The first-order valence-electron chi connectivity index (χ1n) is 4.93. The summed E-state index contributed by atoms with van der Waals surface area (Å²) in [6.45, 7) is 0.0688. The van der Waals surface area contributed by atoms with Gasteiger partial charge in [-0.25, -0.2) is 0 Å². The second-order valence-electron chi connectivity index (χ2n) is 3.27. The number of benzene rings is 1. The lowest BCUT2D eigenvalue weighted by Gasteiger charge is -1.99. The van der Waals surface area contributed by atoms with Crippen LogP contribution in [0.2, 0.25) is 5.02 Å². The lowest BCUT2D eigenvalue weighted by molar-refractivity contribution is 0.343. The third-order valence-corrected chi connectivity index (χ3v) is 3.57. The number of rotatable bonds is 3. The van der Waals surface area contributed by atoms with E-state index in [-0.39, 0.29) is 6.61 Å². The standard InChI is InChI=1S/C13H11ClOS/c14-12-6-2-1-5-11(12)13-8-7-10(16-13)4-3-9-15/h1-8,15H,9H2. The molecule has 2 rings (SSSR count). The van der Waals surface area contributed by atoms with E-state index in [1.54, 1.807) is 17.4 Å². The molecule has 0 aliphatic heterocycles. The summed E-state index contributed by atoms with van der Waals surface area (Å²) in [5.74, 6) is 0. The van der Waals surface area contributed by atoms with E-state index >= 15 is 0 Å². The topological polar surface area (TPSA) is 20.2 Å². The number of thiophene rings is 1. The molecule has 1 heterocycles. The van der Waals surface area contributed by atoms with E-state index in [0.29, 0.717) is 0 Å². The highest BCUT2D eigenvalue weighted by molar-refractivity contribution is 7.16. The summed E-state index contributed by atoms with van der Waals surface area (Å²) in [6.07, 6.45) is 3.63. The van der Waals surface area contributed by atoms with Gasteiger partial charge in [0.2, 0.25) is 0 Å². The van der Waals surface area contributed by atoms with Gasteiger partial charge in [-0.05, 0) is 24.3 Å². The highest BCUT2D eigenvalue weighted by Crippen LogP contribution is 2.33. The summed E-state index contributed by atoms with van der Waals surface area (Å²) in [5.41, 5.74) is 1.05. The summed E-state index contributed by atoms with van der Waals surface area (Å²) in [4.78, 5) is 2.26. The number of hydrogen-bond acceptors (Lipinski definition) is 2. The largest absolute Gasteiger partial charge is 0.392 e. The quantitative estimate of drug-likeness (QED) is 0.871.